The van der Waals surface area contributed by atoms with Gasteiger partial charge < -0.3 is 19.5 Å². The molecule has 166 valence electrons. The molecular formula is C19H28IN5O4S. The van der Waals surface area contributed by atoms with Crippen LogP contribution in [0.1, 0.15) is 16.8 Å². The molecule has 30 heavy (non-hydrogen) atoms. The Kier molecular flexibility index (Phi) is 9.52. The van der Waals surface area contributed by atoms with E-state index in [1.807, 2.05) is 12.1 Å². The van der Waals surface area contributed by atoms with Gasteiger partial charge in [-0.05, 0) is 11.1 Å². The number of hydrogen-bond acceptors (Lipinski definition) is 6. The minimum absolute atomic E-state index is 0. The molecule has 11 heteroatoms. The van der Waals surface area contributed by atoms with E-state index < -0.39 is 10.0 Å². The van der Waals surface area contributed by atoms with Crippen molar-refractivity contribution in [2.45, 2.75) is 18.9 Å². The molecule has 1 saturated heterocycles. The zero-order valence-electron chi connectivity index (χ0n) is 17.2. The summed E-state index contributed by atoms with van der Waals surface area (Å²) in [7, 11) is 0.000562. The molecule has 1 aliphatic rings. The van der Waals surface area contributed by atoms with E-state index in [1.165, 1.54) is 10.6 Å². The summed E-state index contributed by atoms with van der Waals surface area (Å²) in [5.41, 5.74) is 2.69. The maximum atomic E-state index is 12.6. The largest absolute Gasteiger partial charge is 0.380 e. The Balaban J connectivity index is 0.00000320. The highest BCUT2D eigenvalue weighted by Gasteiger charge is 2.28. The first kappa shape index (κ1) is 24.6. The molecular weight excluding hydrogens is 521 g/mol. The van der Waals surface area contributed by atoms with Gasteiger partial charge in [-0.3, -0.25) is 4.99 Å². The number of nitrogens with one attached hydrogen (secondary N) is 1. The molecule has 1 aromatic carbocycles. The Morgan fingerprint density at radius 1 is 1.17 bits per heavy atom. The van der Waals surface area contributed by atoms with E-state index in [9.17, 15) is 8.42 Å². The minimum atomic E-state index is -3.41. The van der Waals surface area contributed by atoms with Crippen LogP contribution in [0, 0.1) is 0 Å². The third-order valence-corrected chi connectivity index (χ3v) is 6.56. The maximum Gasteiger partial charge on any atom is 0.220 e. The Bertz CT molecular complexity index is 896. The van der Waals surface area contributed by atoms with E-state index in [1.54, 1.807) is 20.2 Å². The van der Waals surface area contributed by atoms with Crippen molar-refractivity contribution >= 4 is 40.0 Å². The number of hydrogen-bond donors (Lipinski definition) is 1. The van der Waals surface area contributed by atoms with Gasteiger partial charge in [-0.1, -0.05) is 29.4 Å². The number of benzene rings is 1. The normalized spacial score (nSPS) is 15.7. The van der Waals surface area contributed by atoms with Crippen LogP contribution >= 0.6 is 24.0 Å². The highest BCUT2D eigenvalue weighted by Crippen LogP contribution is 2.13. The summed E-state index contributed by atoms with van der Waals surface area (Å²) in [6.07, 6.45) is 1.38. The van der Waals surface area contributed by atoms with Crippen LogP contribution in [0.5, 0.6) is 0 Å². The number of ether oxygens (including phenoxy) is 1. The number of halogens is 1. The average molecular weight is 549 g/mol. The molecule has 1 aliphatic heterocycles. The third kappa shape index (κ3) is 6.65. The maximum absolute atomic E-state index is 12.6. The Morgan fingerprint density at radius 2 is 1.83 bits per heavy atom. The average Bonchev–Trinajstić information content (AvgIpc) is 3.22. The Hall–Kier alpha value is -1.70. The number of nitrogens with zero attached hydrogens (tertiary/aromatic N) is 4. The number of guanidine groups is 1. The predicted molar refractivity (Wildman–Crippen MR) is 125 cm³/mol. The van der Waals surface area contributed by atoms with Crippen molar-refractivity contribution < 1.29 is 17.7 Å². The zero-order valence-corrected chi connectivity index (χ0v) is 20.3. The van der Waals surface area contributed by atoms with E-state index in [0.29, 0.717) is 45.0 Å². The molecule has 1 aromatic heterocycles. The smallest absolute Gasteiger partial charge is 0.220 e. The van der Waals surface area contributed by atoms with Crippen molar-refractivity contribution in [1.29, 1.82) is 0 Å². The minimum Gasteiger partial charge on any atom is -0.380 e. The molecule has 0 amide bonds. The van der Waals surface area contributed by atoms with Crippen molar-refractivity contribution in [3.05, 3.63) is 53.4 Å². The summed E-state index contributed by atoms with van der Waals surface area (Å²) in [5.74, 6) is 0.620. The van der Waals surface area contributed by atoms with E-state index in [2.05, 4.69) is 32.5 Å². The van der Waals surface area contributed by atoms with Crippen molar-refractivity contribution in [3.63, 3.8) is 0 Å². The molecule has 0 spiro atoms. The number of methoxy groups -OCH3 is 1. The Labute approximate surface area is 194 Å². The highest BCUT2D eigenvalue weighted by molar-refractivity contribution is 14.0. The number of aliphatic imine (C=N–C) groups is 1. The number of sulfonamides is 1. The lowest BCUT2D eigenvalue weighted by Crippen LogP contribution is -2.53. The lowest BCUT2D eigenvalue weighted by Gasteiger charge is -2.35. The second kappa shape index (κ2) is 11.6. The molecule has 0 unspecified atom stereocenters. The van der Waals surface area contributed by atoms with Crippen LogP contribution in [0.2, 0.25) is 0 Å². The molecule has 2 heterocycles. The van der Waals surface area contributed by atoms with Crippen molar-refractivity contribution in [1.82, 2.24) is 19.7 Å². The number of rotatable bonds is 7. The van der Waals surface area contributed by atoms with Gasteiger partial charge in [-0.2, -0.15) is 4.31 Å². The number of aromatic nitrogens is 1. The van der Waals surface area contributed by atoms with Gasteiger partial charge in [0.2, 0.25) is 10.0 Å². The molecule has 2 aromatic rings. The lowest BCUT2D eigenvalue weighted by molar-refractivity contribution is 0.185. The van der Waals surface area contributed by atoms with Crippen LogP contribution in [0.15, 0.2) is 46.1 Å². The Morgan fingerprint density at radius 3 is 2.40 bits per heavy atom. The molecule has 0 aliphatic carbocycles. The fourth-order valence-electron chi connectivity index (χ4n) is 3.20. The van der Waals surface area contributed by atoms with Crippen LogP contribution in [0.4, 0.5) is 0 Å². The molecule has 0 saturated carbocycles. The van der Waals surface area contributed by atoms with Crippen LogP contribution in [0.25, 0.3) is 0 Å². The van der Waals surface area contributed by atoms with Gasteiger partial charge in [-0.15, -0.1) is 24.0 Å². The quantitative estimate of drug-likeness (QED) is 0.319. The fraction of sp³-hybridized carbons (Fsp3) is 0.474. The summed E-state index contributed by atoms with van der Waals surface area (Å²) in [4.78, 5) is 6.41. The summed E-state index contributed by atoms with van der Waals surface area (Å²) in [5, 5.41) is 7.05. The first-order valence-electron chi connectivity index (χ1n) is 9.41. The number of piperazine rings is 1. The third-order valence-electron chi connectivity index (χ3n) is 4.75. The van der Waals surface area contributed by atoms with E-state index in [-0.39, 0.29) is 29.7 Å². The summed E-state index contributed by atoms with van der Waals surface area (Å²) < 4.78 is 36.5. The first-order valence-corrected chi connectivity index (χ1v) is 11.0. The van der Waals surface area contributed by atoms with E-state index in [4.69, 9.17) is 9.26 Å². The van der Waals surface area contributed by atoms with Crippen LogP contribution < -0.4 is 5.32 Å². The molecule has 9 nitrogen and oxygen atoms in total. The van der Waals surface area contributed by atoms with Crippen molar-refractivity contribution in [2.24, 2.45) is 4.99 Å². The lowest BCUT2D eigenvalue weighted by atomic mass is 10.1. The fourth-order valence-corrected chi connectivity index (χ4v) is 4.63. The van der Waals surface area contributed by atoms with Gasteiger partial charge in [0.15, 0.2) is 5.96 Å². The van der Waals surface area contributed by atoms with Gasteiger partial charge in [0.25, 0.3) is 0 Å². The second-order valence-corrected chi connectivity index (χ2v) is 8.75. The van der Waals surface area contributed by atoms with Crippen LogP contribution in [-0.2, 0) is 33.7 Å². The summed E-state index contributed by atoms with van der Waals surface area (Å²) in [6.45, 7) is 3.21. The van der Waals surface area contributed by atoms with Gasteiger partial charge in [-0.25, -0.2) is 8.42 Å². The van der Waals surface area contributed by atoms with Crippen LogP contribution in [-0.4, -0.2) is 69.1 Å². The van der Waals surface area contributed by atoms with Crippen molar-refractivity contribution in [2.75, 3.05) is 40.3 Å². The topological polar surface area (TPSA) is 100 Å². The first-order chi connectivity index (χ1) is 14.0. The van der Waals surface area contributed by atoms with Crippen molar-refractivity contribution in [3.8, 4) is 0 Å². The molecule has 0 bridgehead atoms. The summed E-state index contributed by atoms with van der Waals surface area (Å²) in [6, 6.07) is 9.77. The standard InChI is InChI=1S/C19H27N5O4S.HI/c1-20-19(21-13-16-3-5-17(6-4-16)14-27-2)23-8-10-24(11-9-23)29(25,26)15-18-7-12-28-22-18;/h3-7,12H,8-11,13-15H2,1-2H3,(H,20,21);1H. The van der Waals surface area contributed by atoms with Crippen LogP contribution in [0.3, 0.4) is 0 Å². The monoisotopic (exact) mass is 549 g/mol. The predicted octanol–water partition coefficient (Wildman–Crippen LogP) is 1.66. The SMILES string of the molecule is CN=C(NCc1ccc(COC)cc1)N1CCN(S(=O)(=O)Cc2ccon2)CC1.I. The molecule has 0 radical (unpaired) electrons. The van der Waals surface area contributed by atoms with Gasteiger partial charge in [0, 0.05) is 52.9 Å². The van der Waals surface area contributed by atoms with Gasteiger partial charge in [0.05, 0.1) is 12.3 Å². The zero-order chi connectivity index (χ0) is 20.7. The van der Waals surface area contributed by atoms with Gasteiger partial charge in [0.1, 0.15) is 12.0 Å². The van der Waals surface area contributed by atoms with E-state index in [0.717, 1.165) is 17.1 Å². The molecule has 1 N–H and O–H groups in total. The molecule has 1 fully saturated rings. The summed E-state index contributed by atoms with van der Waals surface area (Å²) >= 11 is 0. The molecule has 3 rings (SSSR count). The van der Waals surface area contributed by atoms with E-state index >= 15 is 0 Å². The second-order valence-electron chi connectivity index (χ2n) is 6.78. The molecule has 0 atom stereocenters. The van der Waals surface area contributed by atoms with Gasteiger partial charge >= 0.3 is 0 Å². The highest BCUT2D eigenvalue weighted by atomic mass is 127.